The Kier molecular flexibility index (Phi) is 16.0. The Hall–Kier alpha value is -5.60. The van der Waals surface area contributed by atoms with Crippen molar-refractivity contribution in [3.8, 4) is 0 Å². The maximum atomic E-state index is 4.30. The Balaban J connectivity index is 1.57. The zero-order valence-corrected chi connectivity index (χ0v) is 44.4. The summed E-state index contributed by atoms with van der Waals surface area (Å²) < 4.78 is 0. The normalized spacial score (nSPS) is 19.9. The maximum absolute atomic E-state index is 4.30. The predicted molar refractivity (Wildman–Crippen MR) is 302 cm³/mol. The van der Waals surface area contributed by atoms with Gasteiger partial charge in [0.2, 0.25) is 0 Å². The molecule has 3 aliphatic carbocycles. The summed E-state index contributed by atoms with van der Waals surface area (Å²) in [6.45, 7) is 43.2. The molecule has 3 aliphatic rings. The van der Waals surface area contributed by atoms with Crippen LogP contribution < -0.4 is 21.1 Å². The molecule has 2 nitrogen and oxygen atoms in total. The van der Waals surface area contributed by atoms with Crippen LogP contribution in [0.4, 0.5) is 11.4 Å². The van der Waals surface area contributed by atoms with Crippen molar-refractivity contribution in [3.05, 3.63) is 201 Å². The van der Waals surface area contributed by atoms with Crippen molar-refractivity contribution >= 4 is 34.7 Å². The lowest BCUT2D eigenvalue weighted by Gasteiger charge is -2.42. The number of benzene rings is 3. The SMILES string of the molecule is C=C/C=C\C=Cc1ccc(=C(C(/C=C\C)=C/C)\c2ccc3c(c2Nc2ccc4c(c2)C(C)(C)CCC4(C)C)C(C)(CCNC(C)=CC(C)(C)CCC(C)(C)C(=C)C=C)C2=C3CCC=C2)/c(=C\C)c1. The fourth-order valence-electron chi connectivity index (χ4n) is 11.1. The van der Waals surface area contributed by atoms with Crippen LogP contribution >= 0.6 is 0 Å². The van der Waals surface area contributed by atoms with E-state index in [9.17, 15) is 0 Å². The largest absolute Gasteiger partial charge is 0.389 e. The van der Waals surface area contributed by atoms with Gasteiger partial charge in [-0.2, -0.15) is 0 Å². The van der Waals surface area contributed by atoms with Crippen LogP contribution in [0.1, 0.15) is 168 Å². The third-order valence-corrected chi connectivity index (χ3v) is 15.6. The highest BCUT2D eigenvalue weighted by atomic mass is 14.9. The van der Waals surface area contributed by atoms with Crippen LogP contribution in [0.5, 0.6) is 0 Å². The van der Waals surface area contributed by atoms with Gasteiger partial charge < -0.3 is 10.6 Å². The second kappa shape index (κ2) is 21.0. The lowest BCUT2D eigenvalue weighted by molar-refractivity contribution is 0.319. The molecular formula is C66H84N2. The molecule has 3 aromatic carbocycles. The van der Waals surface area contributed by atoms with E-state index in [-0.39, 0.29) is 27.1 Å². The molecule has 3 aromatic rings. The summed E-state index contributed by atoms with van der Waals surface area (Å²) in [6, 6.07) is 19.1. The molecule has 0 saturated carbocycles. The lowest BCUT2D eigenvalue weighted by Crippen LogP contribution is -2.33. The van der Waals surface area contributed by atoms with Gasteiger partial charge in [0.15, 0.2) is 0 Å². The van der Waals surface area contributed by atoms with E-state index < -0.39 is 0 Å². The summed E-state index contributed by atoms with van der Waals surface area (Å²) in [5.41, 5.74) is 18.2. The number of hydrogen-bond acceptors (Lipinski definition) is 2. The van der Waals surface area contributed by atoms with Crippen LogP contribution in [0.3, 0.4) is 0 Å². The van der Waals surface area contributed by atoms with Crippen molar-refractivity contribution < 1.29 is 0 Å². The summed E-state index contributed by atoms with van der Waals surface area (Å²) in [7, 11) is 0. The molecule has 0 aliphatic heterocycles. The summed E-state index contributed by atoms with van der Waals surface area (Å²) in [5.74, 6) is 0. The number of nitrogens with one attached hydrogen (secondary N) is 2. The zero-order valence-electron chi connectivity index (χ0n) is 44.4. The monoisotopic (exact) mass is 905 g/mol. The molecule has 0 saturated heterocycles. The Morgan fingerprint density at radius 2 is 1.57 bits per heavy atom. The van der Waals surface area contributed by atoms with Gasteiger partial charge in [0.1, 0.15) is 0 Å². The van der Waals surface area contributed by atoms with Crippen LogP contribution in [-0.4, -0.2) is 6.54 Å². The van der Waals surface area contributed by atoms with Crippen LogP contribution in [0.25, 0.3) is 23.3 Å². The van der Waals surface area contributed by atoms with E-state index in [0.29, 0.717) is 0 Å². The van der Waals surface area contributed by atoms with E-state index in [1.807, 2.05) is 24.3 Å². The summed E-state index contributed by atoms with van der Waals surface area (Å²) in [6.07, 6.45) is 35.8. The van der Waals surface area contributed by atoms with E-state index in [2.05, 4.69) is 224 Å². The standard InChI is InChI=1S/C66H84N2/c1-17-22-23-24-28-48-31-33-52(50(21-5)43-48)59(49(20-4)27-18-2)55-35-34-54-53-29-25-26-30-56(53)66(16,41-42-67-47(7)45-62(8,9)37-38-63(10,11)46(6)19-3)60(54)61(55)68-51-32-36-57-58(44-51)65(14,15)40-39-64(57,12)13/h17-24,26-28,30-36,43-45,67-68H,1,3,6,25,29,37-42H2,2,4-5,7-16H3/b23-22-,27-18-,28-24?,47-45?,49-20+,50-21-,59-52+. The third kappa shape index (κ3) is 11.0. The van der Waals surface area contributed by atoms with Gasteiger partial charge >= 0.3 is 0 Å². The van der Waals surface area contributed by atoms with Gasteiger partial charge in [-0.25, -0.2) is 0 Å². The molecule has 1 atom stereocenters. The molecule has 2 heteroatoms. The summed E-state index contributed by atoms with van der Waals surface area (Å²) in [4.78, 5) is 0. The highest BCUT2D eigenvalue weighted by molar-refractivity contribution is 5.96. The first-order chi connectivity index (χ1) is 32.2. The van der Waals surface area contributed by atoms with E-state index in [1.165, 1.54) is 84.8 Å². The highest BCUT2D eigenvalue weighted by Crippen LogP contribution is 2.56. The Labute approximate surface area is 413 Å². The minimum absolute atomic E-state index is 0.0199. The van der Waals surface area contributed by atoms with Crippen LogP contribution in [-0.2, 0) is 16.2 Å². The van der Waals surface area contributed by atoms with Crippen molar-refractivity contribution in [2.45, 2.75) is 151 Å². The fourth-order valence-corrected chi connectivity index (χ4v) is 11.1. The first-order valence-electron chi connectivity index (χ1n) is 25.5. The second-order valence-corrected chi connectivity index (χ2v) is 22.6. The average molecular weight is 905 g/mol. The molecule has 0 heterocycles. The molecule has 68 heavy (non-hydrogen) atoms. The van der Waals surface area contributed by atoms with Gasteiger partial charge in [0.05, 0.1) is 5.69 Å². The molecule has 6 rings (SSSR count). The number of hydrogen-bond donors (Lipinski definition) is 2. The molecule has 0 radical (unpaired) electrons. The molecule has 2 N–H and O–H groups in total. The molecule has 0 spiro atoms. The number of anilines is 2. The van der Waals surface area contributed by atoms with Crippen LogP contribution in [0.15, 0.2) is 158 Å². The molecular weight excluding hydrogens is 821 g/mol. The summed E-state index contributed by atoms with van der Waals surface area (Å²) >= 11 is 0. The topological polar surface area (TPSA) is 24.1 Å². The van der Waals surface area contributed by atoms with Crippen LogP contribution in [0.2, 0.25) is 0 Å². The minimum atomic E-state index is -0.262. The average Bonchev–Trinajstić information content (AvgIpc) is 3.56. The third-order valence-electron chi connectivity index (χ3n) is 15.6. The zero-order chi connectivity index (χ0) is 49.7. The second-order valence-electron chi connectivity index (χ2n) is 22.6. The van der Waals surface area contributed by atoms with Crippen molar-refractivity contribution in [1.82, 2.24) is 5.32 Å². The van der Waals surface area contributed by atoms with Crippen molar-refractivity contribution in [3.63, 3.8) is 0 Å². The minimum Gasteiger partial charge on any atom is -0.389 e. The fraction of sp³-hybridized carbons (Fsp3) is 0.394. The van der Waals surface area contributed by atoms with Crippen LogP contribution in [0, 0.1) is 10.8 Å². The smallest absolute Gasteiger partial charge is 0.0512 e. The number of allylic oxidation sites excluding steroid dienone is 16. The van der Waals surface area contributed by atoms with Gasteiger partial charge in [-0.05, 0) is 173 Å². The lowest BCUT2D eigenvalue weighted by atomic mass is 9.63. The van der Waals surface area contributed by atoms with Crippen molar-refractivity contribution in [1.29, 1.82) is 0 Å². The molecule has 1 unspecified atom stereocenters. The predicted octanol–water partition coefficient (Wildman–Crippen LogP) is 16.9. The quantitative estimate of drug-likeness (QED) is 0.124. The molecule has 0 fully saturated rings. The number of rotatable bonds is 18. The maximum Gasteiger partial charge on any atom is 0.0512 e. The first kappa shape index (κ1) is 51.8. The van der Waals surface area contributed by atoms with Crippen molar-refractivity contribution in [2.24, 2.45) is 10.8 Å². The Bertz CT molecular complexity index is 2780. The highest BCUT2D eigenvalue weighted by Gasteiger charge is 2.44. The molecule has 0 aromatic heterocycles. The molecule has 0 bridgehead atoms. The van der Waals surface area contributed by atoms with Gasteiger partial charge in [-0.15, -0.1) is 0 Å². The Morgan fingerprint density at radius 1 is 0.838 bits per heavy atom. The van der Waals surface area contributed by atoms with E-state index >= 15 is 0 Å². The van der Waals surface area contributed by atoms with E-state index in [0.717, 1.165) is 55.5 Å². The summed E-state index contributed by atoms with van der Waals surface area (Å²) in [5, 5.41) is 10.6. The number of fused-ring (bicyclic) bond motifs is 3. The van der Waals surface area contributed by atoms with E-state index in [4.69, 9.17) is 0 Å². The molecule has 0 amide bonds. The van der Waals surface area contributed by atoms with Crippen molar-refractivity contribution in [2.75, 3.05) is 11.9 Å². The van der Waals surface area contributed by atoms with Gasteiger partial charge in [-0.1, -0.05) is 197 Å². The van der Waals surface area contributed by atoms with Gasteiger partial charge in [0, 0.05) is 28.9 Å². The molecule has 358 valence electrons. The van der Waals surface area contributed by atoms with E-state index in [1.54, 1.807) is 0 Å². The first-order valence-corrected chi connectivity index (χ1v) is 25.5. The Morgan fingerprint density at radius 3 is 2.25 bits per heavy atom. The van der Waals surface area contributed by atoms with Gasteiger partial charge in [-0.3, -0.25) is 0 Å². The van der Waals surface area contributed by atoms with Gasteiger partial charge in [0.25, 0.3) is 0 Å².